The number of esters is 1. The topological polar surface area (TPSA) is 55.8 Å². The molecule has 1 aliphatic carbocycles. The SMILES string of the molecule is O=C(CCC1CCOCC1)CCC1CCC2(CC1)C[C@H](CCN1CCC=C(Cc3cccc(Cl)c3)CC1)OC2=O. The Morgan fingerprint density at radius 3 is 2.50 bits per heavy atom. The van der Waals surface area contributed by atoms with Crippen LogP contribution in [0.15, 0.2) is 35.9 Å². The van der Waals surface area contributed by atoms with E-state index in [1.807, 2.05) is 12.1 Å². The number of benzene rings is 1. The molecule has 5 nitrogen and oxygen atoms in total. The molecule has 0 aromatic heterocycles. The zero-order valence-corrected chi connectivity index (χ0v) is 25.0. The normalized spacial score (nSPS) is 28.3. The van der Waals surface area contributed by atoms with Gasteiger partial charge in [-0.2, -0.15) is 0 Å². The average molecular weight is 570 g/mol. The first kappa shape index (κ1) is 29.8. The molecule has 0 unspecified atom stereocenters. The van der Waals surface area contributed by atoms with Gasteiger partial charge in [-0.3, -0.25) is 9.59 Å². The summed E-state index contributed by atoms with van der Waals surface area (Å²) in [6, 6.07) is 8.18. The summed E-state index contributed by atoms with van der Waals surface area (Å²) in [5.41, 5.74) is 2.51. The van der Waals surface area contributed by atoms with Crippen LogP contribution in [0, 0.1) is 17.3 Å². The maximum absolute atomic E-state index is 13.0. The minimum Gasteiger partial charge on any atom is -0.462 e. The molecule has 0 N–H and O–H groups in total. The lowest BCUT2D eigenvalue weighted by Gasteiger charge is -2.34. The molecule has 5 rings (SSSR count). The van der Waals surface area contributed by atoms with Crippen LogP contribution in [0.25, 0.3) is 0 Å². The summed E-state index contributed by atoms with van der Waals surface area (Å²) in [5, 5.41) is 0.803. The number of hydrogen-bond acceptors (Lipinski definition) is 5. The number of ketones is 1. The fraction of sp³-hybridized carbons (Fsp3) is 0.706. The van der Waals surface area contributed by atoms with Crippen molar-refractivity contribution in [1.82, 2.24) is 4.90 Å². The van der Waals surface area contributed by atoms with E-state index in [0.29, 0.717) is 24.0 Å². The van der Waals surface area contributed by atoms with Crippen LogP contribution < -0.4 is 0 Å². The van der Waals surface area contributed by atoms with Gasteiger partial charge in [-0.05, 0) is 107 Å². The Morgan fingerprint density at radius 2 is 1.75 bits per heavy atom. The van der Waals surface area contributed by atoms with E-state index in [1.54, 1.807) is 0 Å². The highest BCUT2D eigenvalue weighted by molar-refractivity contribution is 6.30. The van der Waals surface area contributed by atoms with Crippen molar-refractivity contribution >= 4 is 23.4 Å². The van der Waals surface area contributed by atoms with Crippen LogP contribution in [-0.4, -0.2) is 55.6 Å². The summed E-state index contributed by atoms with van der Waals surface area (Å²) in [7, 11) is 0. The van der Waals surface area contributed by atoms with Gasteiger partial charge in [0.15, 0.2) is 0 Å². The van der Waals surface area contributed by atoms with Crippen molar-refractivity contribution in [3.63, 3.8) is 0 Å². The highest BCUT2D eigenvalue weighted by Gasteiger charge is 2.50. The maximum Gasteiger partial charge on any atom is 0.312 e. The zero-order valence-electron chi connectivity index (χ0n) is 24.2. The number of nitrogens with zero attached hydrogens (tertiary/aromatic N) is 1. The Bertz CT molecular complexity index is 1020. The number of hydrogen-bond donors (Lipinski definition) is 0. The maximum atomic E-state index is 13.0. The van der Waals surface area contributed by atoms with Crippen LogP contribution in [0.2, 0.25) is 5.02 Å². The van der Waals surface area contributed by atoms with Gasteiger partial charge >= 0.3 is 5.97 Å². The summed E-state index contributed by atoms with van der Waals surface area (Å²) < 4.78 is 11.4. The van der Waals surface area contributed by atoms with Gasteiger partial charge in [0, 0.05) is 57.1 Å². The van der Waals surface area contributed by atoms with Crippen LogP contribution in [0.4, 0.5) is 0 Å². The number of rotatable bonds is 11. The van der Waals surface area contributed by atoms with E-state index < -0.39 is 0 Å². The van der Waals surface area contributed by atoms with Crippen molar-refractivity contribution in [2.75, 3.05) is 32.8 Å². The highest BCUT2D eigenvalue weighted by Crippen LogP contribution is 2.49. The minimum absolute atomic E-state index is 0.0461. The van der Waals surface area contributed by atoms with Crippen LogP contribution in [0.3, 0.4) is 0 Å². The van der Waals surface area contributed by atoms with Gasteiger partial charge in [-0.1, -0.05) is 35.4 Å². The molecule has 0 bridgehead atoms. The monoisotopic (exact) mass is 569 g/mol. The number of halogens is 1. The van der Waals surface area contributed by atoms with Crippen molar-refractivity contribution in [3.05, 3.63) is 46.5 Å². The molecule has 3 aliphatic heterocycles. The first-order valence-corrected chi connectivity index (χ1v) is 16.3. The molecule has 2 saturated heterocycles. The van der Waals surface area contributed by atoms with E-state index in [1.165, 1.54) is 11.1 Å². The Kier molecular flexibility index (Phi) is 10.8. The molecule has 1 aromatic carbocycles. The molecule has 40 heavy (non-hydrogen) atoms. The van der Waals surface area contributed by atoms with E-state index >= 15 is 0 Å². The summed E-state index contributed by atoms with van der Waals surface area (Å²) in [5.74, 6) is 1.72. The molecule has 1 saturated carbocycles. The van der Waals surface area contributed by atoms with Crippen LogP contribution in [0.1, 0.15) is 95.5 Å². The van der Waals surface area contributed by atoms with Crippen molar-refractivity contribution < 1.29 is 19.1 Å². The van der Waals surface area contributed by atoms with E-state index in [2.05, 4.69) is 23.1 Å². The van der Waals surface area contributed by atoms with Gasteiger partial charge in [-0.15, -0.1) is 0 Å². The quantitative estimate of drug-likeness (QED) is 0.206. The van der Waals surface area contributed by atoms with E-state index in [0.717, 1.165) is 128 Å². The molecular weight excluding hydrogens is 522 g/mol. The first-order chi connectivity index (χ1) is 19.5. The minimum atomic E-state index is -0.265. The van der Waals surface area contributed by atoms with Crippen molar-refractivity contribution in [2.24, 2.45) is 17.3 Å². The van der Waals surface area contributed by atoms with E-state index in [4.69, 9.17) is 21.1 Å². The molecule has 1 atom stereocenters. The van der Waals surface area contributed by atoms with Crippen LogP contribution >= 0.6 is 11.6 Å². The number of carbonyl (C=O) groups excluding carboxylic acids is 2. The number of ether oxygens (including phenoxy) is 2. The molecular formula is C34H48ClNO4. The predicted molar refractivity (Wildman–Crippen MR) is 159 cm³/mol. The first-order valence-electron chi connectivity index (χ1n) is 15.9. The largest absolute Gasteiger partial charge is 0.462 e. The number of Topliss-reactive ketones (excluding diaryl/α,β-unsaturated/α-hetero) is 1. The molecule has 4 aliphatic rings. The van der Waals surface area contributed by atoms with Gasteiger partial charge in [-0.25, -0.2) is 0 Å². The molecule has 0 amide bonds. The third kappa shape index (κ3) is 8.42. The Labute approximate surface area is 246 Å². The average Bonchev–Trinajstić information content (AvgIpc) is 3.10. The Morgan fingerprint density at radius 1 is 1.00 bits per heavy atom. The molecule has 1 aromatic rings. The van der Waals surface area contributed by atoms with Crippen LogP contribution in [-0.2, 0) is 25.5 Å². The molecule has 3 heterocycles. The van der Waals surface area contributed by atoms with Crippen molar-refractivity contribution in [3.8, 4) is 0 Å². The summed E-state index contributed by atoms with van der Waals surface area (Å²) in [6.45, 7) is 4.83. The molecule has 220 valence electrons. The fourth-order valence-electron chi connectivity index (χ4n) is 7.40. The highest BCUT2D eigenvalue weighted by atomic mass is 35.5. The fourth-order valence-corrected chi connectivity index (χ4v) is 7.62. The summed E-state index contributed by atoms with van der Waals surface area (Å²) in [4.78, 5) is 28.0. The summed E-state index contributed by atoms with van der Waals surface area (Å²) in [6.07, 6.45) is 17.1. The third-order valence-electron chi connectivity index (χ3n) is 10.1. The molecule has 1 spiro atoms. The lowest BCUT2D eigenvalue weighted by Crippen LogP contribution is -2.32. The lowest BCUT2D eigenvalue weighted by atomic mass is 9.68. The Balaban J connectivity index is 0.981. The lowest BCUT2D eigenvalue weighted by molar-refractivity contribution is -0.150. The molecule has 6 heteroatoms. The predicted octanol–water partition coefficient (Wildman–Crippen LogP) is 7.34. The van der Waals surface area contributed by atoms with Crippen molar-refractivity contribution in [1.29, 1.82) is 0 Å². The second-order valence-corrected chi connectivity index (χ2v) is 13.4. The van der Waals surface area contributed by atoms with E-state index in [9.17, 15) is 9.59 Å². The standard InChI is InChI=1S/C34H48ClNO4/c35-30-5-1-3-29(24-30)23-28-4-2-18-36(19-12-28)20-13-32-25-34(33(38)40-32)16-10-26(11-17-34)6-8-31(37)9-7-27-14-21-39-22-15-27/h1,3-5,24,26-27,32H,2,6-23,25H2/t26?,32-,34?/m0/s1. The number of carbonyl (C=O) groups is 2. The molecule has 3 fully saturated rings. The smallest absolute Gasteiger partial charge is 0.312 e. The third-order valence-corrected chi connectivity index (χ3v) is 10.3. The van der Waals surface area contributed by atoms with Gasteiger partial charge in [0.25, 0.3) is 0 Å². The van der Waals surface area contributed by atoms with Crippen molar-refractivity contribution in [2.45, 2.75) is 102 Å². The second-order valence-electron chi connectivity index (χ2n) is 13.0. The number of cyclic esters (lactones) is 1. The molecule has 0 radical (unpaired) electrons. The van der Waals surface area contributed by atoms with Crippen LogP contribution in [0.5, 0.6) is 0 Å². The zero-order chi connectivity index (χ0) is 27.8. The van der Waals surface area contributed by atoms with Gasteiger partial charge in [0.1, 0.15) is 11.9 Å². The Hall–Kier alpha value is -1.69. The van der Waals surface area contributed by atoms with Gasteiger partial charge in [0.05, 0.1) is 5.41 Å². The summed E-state index contributed by atoms with van der Waals surface area (Å²) >= 11 is 6.17. The van der Waals surface area contributed by atoms with Gasteiger partial charge in [0.2, 0.25) is 0 Å². The van der Waals surface area contributed by atoms with E-state index in [-0.39, 0.29) is 17.5 Å². The second kappa shape index (κ2) is 14.5. The van der Waals surface area contributed by atoms with Gasteiger partial charge < -0.3 is 14.4 Å².